The van der Waals surface area contributed by atoms with Gasteiger partial charge < -0.3 is 5.21 Å². The summed E-state index contributed by atoms with van der Waals surface area (Å²) in [5, 5.41) is 10.2. The van der Waals surface area contributed by atoms with Gasteiger partial charge in [-0.3, -0.25) is 0 Å². The Labute approximate surface area is 55.5 Å². The van der Waals surface area contributed by atoms with Gasteiger partial charge in [0.1, 0.15) is 0 Å². The zero-order valence-corrected chi connectivity index (χ0v) is 4.57. The van der Waals surface area contributed by atoms with Crippen LogP contribution in [0.4, 0.5) is 26.3 Å². The predicted molar refractivity (Wildman–Crippen MR) is 18.2 cm³/mol. The first-order chi connectivity index (χ1) is 4.63. The zero-order chi connectivity index (χ0) is 9.28. The number of halogens is 6. The molecule has 0 atom stereocenters. The lowest BCUT2D eigenvalue weighted by Gasteiger charge is -2.02. The van der Waals surface area contributed by atoms with Crippen molar-refractivity contribution in [1.29, 1.82) is 0 Å². The van der Waals surface area contributed by atoms with Crippen LogP contribution in [0.25, 0.3) is 0 Å². The van der Waals surface area contributed by atoms with Crippen LogP contribution >= 0.6 is 0 Å². The lowest BCUT2D eigenvalue weighted by molar-refractivity contribution is -0.724. The van der Waals surface area contributed by atoms with Gasteiger partial charge in [0.25, 0.3) is 0 Å². The molecule has 0 saturated carbocycles. The quantitative estimate of drug-likeness (QED) is 0.185. The highest BCUT2D eigenvalue weighted by Crippen LogP contribution is 2.22. The van der Waals surface area contributed by atoms with Crippen molar-refractivity contribution in [2.75, 3.05) is 0 Å². The number of hydrogen-bond acceptors (Lipinski definition) is 2. The molecule has 3 nitrogen and oxygen atoms in total. The molecule has 0 radical (unpaired) electrons. The van der Waals surface area contributed by atoms with Crippen molar-refractivity contribution in [2.45, 2.75) is 12.6 Å². The summed E-state index contributed by atoms with van der Waals surface area (Å²) in [5.74, 6) is 0. The minimum absolute atomic E-state index is 0.833. The summed E-state index contributed by atoms with van der Waals surface area (Å²) >= 11 is 0. The summed E-state index contributed by atoms with van der Waals surface area (Å²) in [6.07, 6.45) is -11.1. The van der Waals surface area contributed by atoms with Gasteiger partial charge in [0.05, 0.1) is 5.11 Å². The normalized spacial score (nSPS) is 15.3. The van der Waals surface area contributed by atoms with Gasteiger partial charge in [-0.15, -0.1) is 26.3 Å². The average molecular weight is 182 g/mol. The van der Waals surface area contributed by atoms with E-state index >= 15 is 0 Å². The van der Waals surface area contributed by atoms with Crippen molar-refractivity contribution in [3.63, 3.8) is 0 Å². The Morgan fingerprint density at radius 2 is 1.36 bits per heavy atom. The van der Waals surface area contributed by atoms with E-state index in [1.54, 1.807) is 0 Å². The SMILES string of the molecule is [O-]/[N+](=N\C(F)(F)F)C(F)(F)F. The highest BCUT2D eigenvalue weighted by Gasteiger charge is 2.46. The molecule has 0 N–H and O–H groups in total. The fourth-order valence-electron chi connectivity index (χ4n) is 0.160. The molecule has 0 saturated heterocycles. The maximum Gasteiger partial charge on any atom is 0.668 e. The smallest absolute Gasteiger partial charge is 0.593 e. The lowest BCUT2D eigenvalue weighted by Crippen LogP contribution is -2.24. The first-order valence-electron chi connectivity index (χ1n) is 1.96. The molecule has 0 aliphatic heterocycles. The van der Waals surface area contributed by atoms with Crippen LogP contribution in [0.15, 0.2) is 5.11 Å². The van der Waals surface area contributed by atoms with Crippen LogP contribution in [-0.4, -0.2) is 17.5 Å². The third-order valence-electron chi connectivity index (χ3n) is 0.421. The highest BCUT2D eigenvalue weighted by atomic mass is 19.4. The second-order valence-electron chi connectivity index (χ2n) is 1.31. The van der Waals surface area contributed by atoms with E-state index in [4.69, 9.17) is 0 Å². The molecule has 0 spiro atoms. The summed E-state index contributed by atoms with van der Waals surface area (Å²) in [5.41, 5.74) is 0. The number of alkyl halides is 6. The average Bonchev–Trinajstić information content (AvgIpc) is 1.56. The van der Waals surface area contributed by atoms with E-state index in [2.05, 4.69) is 0 Å². The molecule has 0 aromatic rings. The van der Waals surface area contributed by atoms with E-state index in [0.29, 0.717) is 0 Å². The van der Waals surface area contributed by atoms with Gasteiger partial charge in [-0.2, -0.15) is 0 Å². The van der Waals surface area contributed by atoms with Gasteiger partial charge in [-0.05, 0) is 0 Å². The number of nitrogens with zero attached hydrogens (tertiary/aromatic N) is 2. The molecule has 0 rings (SSSR count). The number of azo groups is 1. The van der Waals surface area contributed by atoms with Crippen molar-refractivity contribution < 1.29 is 31.2 Å². The maximum atomic E-state index is 11.0. The van der Waals surface area contributed by atoms with Crippen LogP contribution in [0.3, 0.4) is 0 Å². The van der Waals surface area contributed by atoms with E-state index in [1.807, 2.05) is 0 Å². The Morgan fingerprint density at radius 3 is 1.45 bits per heavy atom. The standard InChI is InChI=1S/C2F6N2O/c3-1(4,5)9-10(11)2(6,7)8/b10-9-. The molecular formula is C2F6N2O. The first kappa shape index (κ1) is 9.98. The van der Waals surface area contributed by atoms with Crippen molar-refractivity contribution in [3.8, 4) is 0 Å². The van der Waals surface area contributed by atoms with Crippen molar-refractivity contribution in [1.82, 2.24) is 0 Å². The lowest BCUT2D eigenvalue weighted by atomic mass is 11.1. The minimum atomic E-state index is -5.64. The molecule has 0 aromatic heterocycles. The van der Waals surface area contributed by atoms with E-state index < -0.39 is 17.5 Å². The molecule has 0 heterocycles. The monoisotopic (exact) mass is 182 g/mol. The molecule has 0 amide bonds. The van der Waals surface area contributed by atoms with Crippen molar-refractivity contribution in [3.05, 3.63) is 5.21 Å². The molecule has 0 aliphatic rings. The number of rotatable bonds is 0. The van der Waals surface area contributed by atoms with Gasteiger partial charge >= 0.3 is 12.6 Å². The fraction of sp³-hybridized carbons (Fsp3) is 1.00. The molecule has 0 aliphatic carbocycles. The molecule has 0 fully saturated rings. The second-order valence-corrected chi connectivity index (χ2v) is 1.31. The Hall–Kier alpha value is -1.02. The minimum Gasteiger partial charge on any atom is -0.593 e. The van der Waals surface area contributed by atoms with Gasteiger partial charge in [0.2, 0.25) is 0 Å². The molecule has 0 unspecified atom stereocenters. The largest absolute Gasteiger partial charge is 0.668 e. The van der Waals surface area contributed by atoms with Crippen LogP contribution in [0.1, 0.15) is 0 Å². The Bertz CT molecular complexity index is 166. The topological polar surface area (TPSA) is 38.4 Å². The second kappa shape index (κ2) is 2.55. The van der Waals surface area contributed by atoms with Crippen molar-refractivity contribution in [2.24, 2.45) is 5.11 Å². The fourth-order valence-corrected chi connectivity index (χ4v) is 0.160. The van der Waals surface area contributed by atoms with Crippen LogP contribution in [0.5, 0.6) is 0 Å². The summed E-state index contributed by atoms with van der Waals surface area (Å²) in [6.45, 7) is 0. The molecule has 9 heteroatoms. The molecule has 0 bridgehead atoms. The first-order valence-corrected chi connectivity index (χ1v) is 1.96. The van der Waals surface area contributed by atoms with E-state index in [9.17, 15) is 31.5 Å². The summed E-state index contributed by atoms with van der Waals surface area (Å²) in [6, 6.07) is 0. The van der Waals surface area contributed by atoms with Gasteiger partial charge in [0.15, 0.2) is 0 Å². The van der Waals surface area contributed by atoms with Crippen molar-refractivity contribution >= 4 is 0 Å². The molecule has 0 aromatic carbocycles. The van der Waals surface area contributed by atoms with Crippen LogP contribution in [0.2, 0.25) is 0 Å². The van der Waals surface area contributed by atoms with Gasteiger partial charge in [0, 0.05) is 4.86 Å². The number of hydroxylamine groups is 1. The van der Waals surface area contributed by atoms with E-state index in [1.165, 1.54) is 0 Å². The Balaban J connectivity index is 4.49. The molecule has 11 heavy (non-hydrogen) atoms. The van der Waals surface area contributed by atoms with Crippen LogP contribution in [-0.2, 0) is 0 Å². The van der Waals surface area contributed by atoms with E-state index in [-0.39, 0.29) is 0 Å². The van der Waals surface area contributed by atoms with Crippen LogP contribution in [0, 0.1) is 5.21 Å². The maximum absolute atomic E-state index is 11.0. The van der Waals surface area contributed by atoms with Gasteiger partial charge in [-0.25, -0.2) is 0 Å². The third kappa shape index (κ3) is 4.39. The summed E-state index contributed by atoms with van der Waals surface area (Å²) in [7, 11) is 0. The summed E-state index contributed by atoms with van der Waals surface area (Å²) < 4.78 is 65.8. The third-order valence-corrected chi connectivity index (χ3v) is 0.421. The van der Waals surface area contributed by atoms with E-state index in [0.717, 1.165) is 5.11 Å². The Morgan fingerprint density at radius 1 is 1.00 bits per heavy atom. The molecule has 66 valence electrons. The highest BCUT2D eigenvalue weighted by molar-refractivity contribution is 4.32. The summed E-state index contributed by atoms with van der Waals surface area (Å²) in [4.78, 5) is -2.35. The Kier molecular flexibility index (Phi) is 2.31. The van der Waals surface area contributed by atoms with Gasteiger partial charge in [-0.1, -0.05) is 0 Å². The van der Waals surface area contributed by atoms with Crippen LogP contribution < -0.4 is 0 Å². The zero-order valence-electron chi connectivity index (χ0n) is 4.57. The number of hydrogen-bond donors (Lipinski definition) is 0. The predicted octanol–water partition coefficient (Wildman–Crippen LogP) is 1.99. The molecular weight excluding hydrogens is 182 g/mol.